The van der Waals surface area contributed by atoms with Crippen molar-refractivity contribution in [3.8, 4) is 0 Å². The molecule has 19 heavy (non-hydrogen) atoms. The number of H-pyrrole nitrogens is 1. The number of benzene rings is 1. The van der Waals surface area contributed by atoms with Crippen LogP contribution in [-0.2, 0) is 4.74 Å². The molecule has 0 saturated carbocycles. The first kappa shape index (κ1) is 12.9. The van der Waals surface area contributed by atoms with Crippen LogP contribution in [0, 0.1) is 0 Å². The molecule has 0 bridgehead atoms. The van der Waals surface area contributed by atoms with E-state index < -0.39 is 0 Å². The smallest absolute Gasteiger partial charge is 0.260 e. The van der Waals surface area contributed by atoms with Crippen molar-refractivity contribution in [2.45, 2.75) is 0 Å². The maximum absolute atomic E-state index is 12.1. The van der Waals surface area contributed by atoms with Crippen molar-refractivity contribution in [2.75, 3.05) is 31.2 Å². The molecule has 5 nitrogen and oxygen atoms in total. The van der Waals surface area contributed by atoms with Crippen LogP contribution in [0.3, 0.4) is 0 Å². The molecule has 1 aromatic heterocycles. The Labute approximate surface area is 122 Å². The molecular weight excluding hydrogens is 334 g/mol. The van der Waals surface area contributed by atoms with Crippen LogP contribution >= 0.6 is 27.5 Å². The van der Waals surface area contributed by atoms with Gasteiger partial charge in [0, 0.05) is 22.6 Å². The summed E-state index contributed by atoms with van der Waals surface area (Å²) in [6.45, 7) is 2.73. The van der Waals surface area contributed by atoms with Crippen LogP contribution < -0.4 is 10.5 Å². The van der Waals surface area contributed by atoms with E-state index in [9.17, 15) is 4.79 Å². The van der Waals surface area contributed by atoms with Crippen LogP contribution in [0.1, 0.15) is 0 Å². The summed E-state index contributed by atoms with van der Waals surface area (Å²) in [5, 5.41) is 0.988. The second kappa shape index (κ2) is 5.11. The second-order valence-electron chi connectivity index (χ2n) is 4.27. The van der Waals surface area contributed by atoms with Gasteiger partial charge in [-0.3, -0.25) is 9.78 Å². The van der Waals surface area contributed by atoms with Gasteiger partial charge in [-0.2, -0.15) is 0 Å². The summed E-state index contributed by atoms with van der Waals surface area (Å²) in [5.74, 6) is 0.573. The van der Waals surface area contributed by atoms with Gasteiger partial charge in [-0.1, -0.05) is 11.6 Å². The molecular formula is C12H11BrClN3O2. The molecule has 1 N–H and O–H groups in total. The van der Waals surface area contributed by atoms with E-state index in [-0.39, 0.29) is 5.56 Å². The lowest BCUT2D eigenvalue weighted by Crippen LogP contribution is -2.38. The fraction of sp³-hybridized carbons (Fsp3) is 0.333. The number of ether oxygens (including phenoxy) is 1. The third-order valence-corrected chi connectivity index (χ3v) is 3.85. The van der Waals surface area contributed by atoms with Crippen LogP contribution in [0.15, 0.2) is 21.4 Å². The molecule has 1 aromatic carbocycles. The minimum Gasteiger partial charge on any atom is -0.378 e. The minimum atomic E-state index is -0.185. The summed E-state index contributed by atoms with van der Waals surface area (Å²) >= 11 is 9.34. The van der Waals surface area contributed by atoms with E-state index in [4.69, 9.17) is 16.3 Å². The number of halogens is 2. The number of fused-ring (bicyclic) bond motifs is 1. The van der Waals surface area contributed by atoms with Gasteiger partial charge in [0.15, 0.2) is 0 Å². The van der Waals surface area contributed by atoms with E-state index in [0.717, 1.165) is 17.6 Å². The van der Waals surface area contributed by atoms with Gasteiger partial charge in [-0.15, -0.1) is 0 Å². The molecule has 1 fully saturated rings. The molecule has 2 heterocycles. The lowest BCUT2D eigenvalue weighted by atomic mass is 10.2. The number of hydrogen-bond acceptors (Lipinski definition) is 4. The van der Waals surface area contributed by atoms with Gasteiger partial charge in [0.25, 0.3) is 5.56 Å². The number of nitrogens with zero attached hydrogens (tertiary/aromatic N) is 2. The van der Waals surface area contributed by atoms with Gasteiger partial charge in [-0.25, -0.2) is 4.98 Å². The van der Waals surface area contributed by atoms with Gasteiger partial charge in [0.1, 0.15) is 0 Å². The lowest BCUT2D eigenvalue weighted by Gasteiger charge is -2.27. The predicted molar refractivity (Wildman–Crippen MR) is 78.1 cm³/mol. The number of rotatable bonds is 1. The molecule has 2 aromatic rings. The summed E-state index contributed by atoms with van der Waals surface area (Å²) in [6, 6.07) is 3.36. The van der Waals surface area contributed by atoms with E-state index in [1.807, 2.05) is 4.90 Å². The molecule has 1 aliphatic heterocycles. The van der Waals surface area contributed by atoms with Crippen LogP contribution in [0.4, 0.5) is 5.95 Å². The maximum Gasteiger partial charge on any atom is 0.260 e. The van der Waals surface area contributed by atoms with E-state index in [1.165, 1.54) is 0 Å². The van der Waals surface area contributed by atoms with Gasteiger partial charge in [-0.05, 0) is 28.1 Å². The highest BCUT2D eigenvalue weighted by Crippen LogP contribution is 2.26. The maximum atomic E-state index is 12.1. The van der Waals surface area contributed by atoms with Crippen LogP contribution in [0.5, 0.6) is 0 Å². The van der Waals surface area contributed by atoms with Crippen molar-refractivity contribution in [1.82, 2.24) is 9.97 Å². The highest BCUT2D eigenvalue weighted by molar-refractivity contribution is 9.10. The first-order valence-electron chi connectivity index (χ1n) is 5.87. The van der Waals surface area contributed by atoms with Crippen LogP contribution in [0.25, 0.3) is 10.9 Å². The lowest BCUT2D eigenvalue weighted by molar-refractivity contribution is 0.122. The van der Waals surface area contributed by atoms with E-state index >= 15 is 0 Å². The molecule has 1 saturated heterocycles. The van der Waals surface area contributed by atoms with Crippen molar-refractivity contribution >= 4 is 44.4 Å². The zero-order valence-corrected chi connectivity index (χ0v) is 12.3. The normalized spacial score (nSPS) is 16.0. The van der Waals surface area contributed by atoms with Crippen molar-refractivity contribution in [2.24, 2.45) is 0 Å². The highest BCUT2D eigenvalue weighted by Gasteiger charge is 2.16. The Morgan fingerprint density at radius 3 is 2.84 bits per heavy atom. The Morgan fingerprint density at radius 1 is 1.37 bits per heavy atom. The first-order valence-corrected chi connectivity index (χ1v) is 7.04. The molecule has 1 aliphatic rings. The summed E-state index contributed by atoms with van der Waals surface area (Å²) in [4.78, 5) is 21.4. The van der Waals surface area contributed by atoms with Crippen molar-refractivity contribution in [3.63, 3.8) is 0 Å². The van der Waals surface area contributed by atoms with Gasteiger partial charge < -0.3 is 9.64 Å². The molecule has 100 valence electrons. The largest absolute Gasteiger partial charge is 0.378 e. The number of aromatic nitrogens is 2. The third kappa shape index (κ3) is 2.48. The number of anilines is 1. The molecule has 0 amide bonds. The second-order valence-corrected chi connectivity index (χ2v) is 5.56. The summed E-state index contributed by atoms with van der Waals surface area (Å²) in [5.41, 5.74) is 0.435. The standard InChI is InChI=1S/C12H11BrClN3O2/c13-9-6-7(14)5-8-10(9)15-12(16-11(8)18)17-1-3-19-4-2-17/h5-6H,1-4H2,(H,15,16,18). The molecule has 3 rings (SSSR count). The zero-order valence-electron chi connectivity index (χ0n) is 9.95. The fourth-order valence-electron chi connectivity index (χ4n) is 2.08. The highest BCUT2D eigenvalue weighted by atomic mass is 79.9. The quantitative estimate of drug-likeness (QED) is 0.861. The van der Waals surface area contributed by atoms with Gasteiger partial charge in [0.05, 0.1) is 24.1 Å². The zero-order chi connectivity index (χ0) is 13.4. The predicted octanol–water partition coefficient (Wildman–Crippen LogP) is 2.18. The fourth-order valence-corrected chi connectivity index (χ4v) is 2.98. The average Bonchev–Trinajstić information content (AvgIpc) is 2.41. The first-order chi connectivity index (χ1) is 9.15. The Bertz CT molecular complexity index is 682. The molecule has 0 spiro atoms. The Hall–Kier alpha value is -1.11. The molecule has 7 heteroatoms. The Kier molecular flexibility index (Phi) is 3.47. The van der Waals surface area contributed by atoms with Gasteiger partial charge in [0.2, 0.25) is 5.95 Å². The van der Waals surface area contributed by atoms with E-state index in [2.05, 4.69) is 25.9 Å². The Balaban J connectivity index is 2.15. The van der Waals surface area contributed by atoms with Crippen LogP contribution in [0.2, 0.25) is 5.02 Å². The minimum absolute atomic E-state index is 0.185. The number of nitrogens with one attached hydrogen (secondary N) is 1. The Morgan fingerprint density at radius 2 is 2.11 bits per heavy atom. The molecule has 0 atom stereocenters. The van der Waals surface area contributed by atoms with Crippen molar-refractivity contribution in [3.05, 3.63) is 32.0 Å². The molecule has 0 unspecified atom stereocenters. The number of aromatic amines is 1. The SMILES string of the molecule is O=c1[nH]c(N2CCOCC2)nc2c(Br)cc(Cl)cc12. The molecule has 0 aliphatic carbocycles. The van der Waals surface area contributed by atoms with E-state index in [0.29, 0.717) is 35.1 Å². The number of hydrogen-bond donors (Lipinski definition) is 1. The monoisotopic (exact) mass is 343 g/mol. The summed E-state index contributed by atoms with van der Waals surface area (Å²) < 4.78 is 6.01. The summed E-state index contributed by atoms with van der Waals surface area (Å²) in [7, 11) is 0. The number of morpholine rings is 1. The van der Waals surface area contributed by atoms with Crippen molar-refractivity contribution < 1.29 is 4.74 Å². The van der Waals surface area contributed by atoms with Gasteiger partial charge >= 0.3 is 0 Å². The summed E-state index contributed by atoms with van der Waals surface area (Å²) in [6.07, 6.45) is 0. The third-order valence-electron chi connectivity index (χ3n) is 3.03. The molecule has 0 radical (unpaired) electrons. The van der Waals surface area contributed by atoms with Crippen LogP contribution in [-0.4, -0.2) is 36.3 Å². The topological polar surface area (TPSA) is 58.2 Å². The average molecular weight is 345 g/mol. The van der Waals surface area contributed by atoms with E-state index in [1.54, 1.807) is 12.1 Å². The van der Waals surface area contributed by atoms with Crippen molar-refractivity contribution in [1.29, 1.82) is 0 Å².